The highest BCUT2D eigenvalue weighted by Gasteiger charge is 2.25. The number of hydrogen-bond acceptors (Lipinski definition) is 2. The molecule has 0 atom stereocenters. The minimum absolute atomic E-state index is 0.0564. The predicted octanol–water partition coefficient (Wildman–Crippen LogP) is 4.44. The van der Waals surface area contributed by atoms with E-state index in [0.717, 1.165) is 27.8 Å². The van der Waals surface area contributed by atoms with Crippen molar-refractivity contribution < 1.29 is 12.8 Å². The molecule has 4 heteroatoms. The first-order valence-electron chi connectivity index (χ1n) is 7.77. The van der Waals surface area contributed by atoms with Gasteiger partial charge < -0.3 is 0 Å². The molecule has 2 aromatic rings. The molecule has 0 bridgehead atoms. The van der Waals surface area contributed by atoms with E-state index in [-0.39, 0.29) is 17.0 Å². The molecule has 0 N–H and O–H groups in total. The second kappa shape index (κ2) is 6.36. The number of allylic oxidation sites excluding steroid dienone is 4. The average Bonchev–Trinajstić information content (AvgIpc) is 2.84. The Morgan fingerprint density at radius 1 is 0.833 bits per heavy atom. The standard InChI is InChI=1S/C20H19FO2S/c1-20(2)11-18(15-5-3-14(4-6-15)13-24(22)23)19(12-20)16-7-9-17(21)10-8-16/h3-12,24H,13H2,1-2H3. The van der Waals surface area contributed by atoms with Gasteiger partial charge in [0.15, 0.2) is 0 Å². The van der Waals surface area contributed by atoms with Crippen LogP contribution in [-0.2, 0) is 16.5 Å². The SMILES string of the molecule is CC1(C)C=C(c2ccc(F)cc2)C(c2ccc(C[SH](=O)=O)cc2)=C1. The fourth-order valence-electron chi connectivity index (χ4n) is 2.99. The summed E-state index contributed by atoms with van der Waals surface area (Å²) in [5, 5.41) is 0. The minimum atomic E-state index is -2.42. The van der Waals surface area contributed by atoms with Gasteiger partial charge in [-0.05, 0) is 40.0 Å². The highest BCUT2D eigenvalue weighted by Crippen LogP contribution is 2.43. The van der Waals surface area contributed by atoms with Crippen molar-refractivity contribution in [1.82, 2.24) is 0 Å². The molecule has 124 valence electrons. The highest BCUT2D eigenvalue weighted by atomic mass is 32.2. The Kier molecular flexibility index (Phi) is 4.41. The maximum atomic E-state index is 13.2. The molecule has 2 nitrogen and oxygen atoms in total. The van der Waals surface area contributed by atoms with Crippen molar-refractivity contribution in [3.05, 3.63) is 83.2 Å². The van der Waals surface area contributed by atoms with Gasteiger partial charge in [-0.2, -0.15) is 0 Å². The van der Waals surface area contributed by atoms with Crippen LogP contribution in [0.2, 0.25) is 0 Å². The van der Waals surface area contributed by atoms with E-state index in [9.17, 15) is 12.8 Å². The summed E-state index contributed by atoms with van der Waals surface area (Å²) < 4.78 is 34.9. The maximum Gasteiger partial charge on any atom is 0.144 e. The molecule has 0 fully saturated rings. The second-order valence-electron chi connectivity index (χ2n) is 6.63. The first kappa shape index (κ1) is 16.7. The molecule has 1 aliphatic carbocycles. The summed E-state index contributed by atoms with van der Waals surface area (Å²) >= 11 is 0. The summed E-state index contributed by atoms with van der Waals surface area (Å²) in [6, 6.07) is 14.1. The van der Waals surface area contributed by atoms with Crippen molar-refractivity contribution in [3.63, 3.8) is 0 Å². The van der Waals surface area contributed by atoms with Crippen LogP contribution in [0.4, 0.5) is 4.39 Å². The molecule has 0 heterocycles. The van der Waals surface area contributed by atoms with E-state index in [1.165, 1.54) is 12.1 Å². The minimum Gasteiger partial charge on any atom is -0.232 e. The van der Waals surface area contributed by atoms with Gasteiger partial charge in [-0.1, -0.05) is 62.4 Å². The zero-order valence-electron chi connectivity index (χ0n) is 13.6. The van der Waals surface area contributed by atoms with Crippen LogP contribution in [0.5, 0.6) is 0 Å². The second-order valence-corrected chi connectivity index (χ2v) is 7.61. The highest BCUT2D eigenvalue weighted by molar-refractivity contribution is 7.71. The third-order valence-corrected chi connectivity index (χ3v) is 4.68. The van der Waals surface area contributed by atoms with E-state index in [2.05, 4.69) is 26.0 Å². The topological polar surface area (TPSA) is 34.1 Å². The molecule has 0 amide bonds. The van der Waals surface area contributed by atoms with Gasteiger partial charge in [0.1, 0.15) is 16.5 Å². The molecule has 0 aromatic heterocycles. The van der Waals surface area contributed by atoms with Gasteiger partial charge in [0, 0.05) is 5.41 Å². The molecular formula is C20H19FO2S. The van der Waals surface area contributed by atoms with Crippen LogP contribution < -0.4 is 0 Å². The Morgan fingerprint density at radius 3 is 1.75 bits per heavy atom. The Labute approximate surface area is 143 Å². The Hall–Kier alpha value is -2.20. The first-order valence-corrected chi connectivity index (χ1v) is 9.13. The van der Waals surface area contributed by atoms with Crippen molar-refractivity contribution in [2.24, 2.45) is 5.41 Å². The van der Waals surface area contributed by atoms with E-state index in [0.29, 0.717) is 0 Å². The smallest absolute Gasteiger partial charge is 0.144 e. The number of benzene rings is 2. The average molecular weight is 342 g/mol. The molecule has 2 aromatic carbocycles. The van der Waals surface area contributed by atoms with Crippen LogP contribution >= 0.6 is 0 Å². The fraction of sp³-hybridized carbons (Fsp3) is 0.200. The molecule has 3 rings (SSSR count). The van der Waals surface area contributed by atoms with Crippen molar-refractivity contribution in [2.45, 2.75) is 19.6 Å². The van der Waals surface area contributed by atoms with Crippen molar-refractivity contribution in [3.8, 4) is 0 Å². The number of halogens is 1. The van der Waals surface area contributed by atoms with E-state index in [1.807, 2.05) is 24.3 Å². The Balaban J connectivity index is 1.99. The van der Waals surface area contributed by atoms with Crippen molar-refractivity contribution >= 4 is 21.9 Å². The molecule has 0 spiro atoms. The normalized spacial score (nSPS) is 16.2. The quantitative estimate of drug-likeness (QED) is 0.833. The maximum absolute atomic E-state index is 13.2. The monoisotopic (exact) mass is 342 g/mol. The molecule has 0 radical (unpaired) electrons. The number of hydrogen-bond donors (Lipinski definition) is 1. The van der Waals surface area contributed by atoms with Crippen LogP contribution in [0.3, 0.4) is 0 Å². The lowest BCUT2D eigenvalue weighted by atomic mass is 9.94. The Morgan fingerprint density at radius 2 is 1.29 bits per heavy atom. The van der Waals surface area contributed by atoms with E-state index in [1.54, 1.807) is 12.1 Å². The van der Waals surface area contributed by atoms with Crippen LogP contribution in [0, 0.1) is 11.2 Å². The van der Waals surface area contributed by atoms with Crippen LogP contribution in [0.25, 0.3) is 11.1 Å². The number of rotatable bonds is 4. The predicted molar refractivity (Wildman–Crippen MR) is 96.6 cm³/mol. The molecule has 0 aliphatic heterocycles. The molecule has 0 saturated carbocycles. The van der Waals surface area contributed by atoms with Gasteiger partial charge in [0.25, 0.3) is 0 Å². The third kappa shape index (κ3) is 3.65. The lowest BCUT2D eigenvalue weighted by Crippen LogP contribution is -1.98. The summed E-state index contributed by atoms with van der Waals surface area (Å²) in [5.41, 5.74) is 4.85. The fourth-order valence-corrected chi connectivity index (χ4v) is 3.50. The van der Waals surface area contributed by atoms with Gasteiger partial charge in [-0.3, -0.25) is 0 Å². The van der Waals surface area contributed by atoms with Gasteiger partial charge in [0.05, 0.1) is 5.75 Å². The summed E-state index contributed by atoms with van der Waals surface area (Å²) in [4.78, 5) is 0. The van der Waals surface area contributed by atoms with Crippen LogP contribution in [-0.4, -0.2) is 8.42 Å². The third-order valence-electron chi connectivity index (χ3n) is 4.05. The Bertz CT molecular complexity index is 878. The number of thiol groups is 1. The van der Waals surface area contributed by atoms with E-state index >= 15 is 0 Å². The van der Waals surface area contributed by atoms with Gasteiger partial charge in [-0.25, -0.2) is 12.8 Å². The summed E-state index contributed by atoms with van der Waals surface area (Å²) in [7, 11) is -2.42. The van der Waals surface area contributed by atoms with Crippen molar-refractivity contribution in [1.29, 1.82) is 0 Å². The molecule has 1 aliphatic rings. The summed E-state index contributed by atoms with van der Waals surface area (Å²) in [6.45, 7) is 4.25. The molecule has 24 heavy (non-hydrogen) atoms. The molecule has 0 saturated heterocycles. The lowest BCUT2D eigenvalue weighted by Gasteiger charge is -2.10. The van der Waals surface area contributed by atoms with Gasteiger partial charge in [-0.15, -0.1) is 0 Å². The zero-order chi connectivity index (χ0) is 17.3. The largest absolute Gasteiger partial charge is 0.232 e. The summed E-state index contributed by atoms with van der Waals surface area (Å²) in [6.07, 6.45) is 4.37. The van der Waals surface area contributed by atoms with Gasteiger partial charge in [0.2, 0.25) is 0 Å². The van der Waals surface area contributed by atoms with Crippen LogP contribution in [0.1, 0.15) is 30.5 Å². The summed E-state index contributed by atoms with van der Waals surface area (Å²) in [5.74, 6) is -0.195. The molecule has 0 unspecified atom stereocenters. The van der Waals surface area contributed by atoms with E-state index in [4.69, 9.17) is 0 Å². The zero-order valence-corrected chi connectivity index (χ0v) is 14.5. The molecular weight excluding hydrogens is 323 g/mol. The van der Waals surface area contributed by atoms with E-state index < -0.39 is 10.7 Å². The van der Waals surface area contributed by atoms with Crippen LogP contribution in [0.15, 0.2) is 60.7 Å². The lowest BCUT2D eigenvalue weighted by molar-refractivity contribution is 0.614. The van der Waals surface area contributed by atoms with Gasteiger partial charge >= 0.3 is 0 Å². The first-order chi connectivity index (χ1) is 11.3. The van der Waals surface area contributed by atoms with Crippen molar-refractivity contribution in [2.75, 3.05) is 0 Å².